The van der Waals surface area contributed by atoms with Crippen molar-refractivity contribution in [2.24, 2.45) is 0 Å². The van der Waals surface area contributed by atoms with Crippen LogP contribution in [0.1, 0.15) is 34.2 Å². The third-order valence-corrected chi connectivity index (χ3v) is 6.73. The van der Waals surface area contributed by atoms with Gasteiger partial charge in [-0.1, -0.05) is 42.5 Å². The number of oxazole rings is 1. The van der Waals surface area contributed by atoms with Crippen molar-refractivity contribution < 1.29 is 13.6 Å². The molecule has 2 aromatic carbocycles. The zero-order valence-corrected chi connectivity index (χ0v) is 18.4. The quantitative estimate of drug-likeness (QED) is 0.390. The van der Waals surface area contributed by atoms with Crippen molar-refractivity contribution in [1.29, 1.82) is 0 Å². The van der Waals surface area contributed by atoms with E-state index in [0.29, 0.717) is 24.6 Å². The first-order valence-corrected chi connectivity index (χ1v) is 11.4. The van der Waals surface area contributed by atoms with Crippen LogP contribution in [0.3, 0.4) is 0 Å². The number of hydrogen-bond donors (Lipinski definition) is 0. The Morgan fingerprint density at radius 1 is 1.12 bits per heavy atom. The molecule has 0 saturated carbocycles. The highest BCUT2D eigenvalue weighted by molar-refractivity contribution is 7.15. The SMILES string of the molecule is Cc1nc(C(=O)N2CCC[C@H]2Cc2nc(-c3ccccc3)co2)c(-c2ccc(F)cc2)s1. The minimum Gasteiger partial charge on any atom is -0.448 e. The Bertz CT molecular complexity index is 1230. The number of likely N-dealkylation sites (tertiary alicyclic amines) is 1. The van der Waals surface area contributed by atoms with Crippen LogP contribution >= 0.6 is 11.3 Å². The van der Waals surface area contributed by atoms with Gasteiger partial charge in [-0.3, -0.25) is 4.79 Å². The number of amides is 1. The minimum absolute atomic E-state index is 0.00727. The van der Waals surface area contributed by atoms with Crippen molar-refractivity contribution >= 4 is 17.2 Å². The van der Waals surface area contributed by atoms with E-state index in [1.54, 1.807) is 18.4 Å². The lowest BCUT2D eigenvalue weighted by Gasteiger charge is -2.23. The van der Waals surface area contributed by atoms with Gasteiger partial charge in [0, 0.05) is 24.6 Å². The fourth-order valence-corrected chi connectivity index (χ4v) is 5.08. The highest BCUT2D eigenvalue weighted by atomic mass is 32.1. The fourth-order valence-electron chi connectivity index (χ4n) is 4.17. The Balaban J connectivity index is 1.37. The maximum Gasteiger partial charge on any atom is 0.274 e. The molecule has 5 rings (SSSR count). The molecule has 0 spiro atoms. The van der Waals surface area contributed by atoms with Crippen molar-refractivity contribution in [3.8, 4) is 21.7 Å². The standard InChI is InChI=1S/C25H22FN3O2S/c1-16-27-23(24(32-16)18-9-11-19(26)12-10-18)25(30)29-13-5-8-20(29)14-22-28-21(15-31-22)17-6-3-2-4-7-17/h2-4,6-7,9-12,15,20H,5,8,13-14H2,1H3/t20-/m0/s1. The second-order valence-corrected chi connectivity index (χ2v) is 9.11. The molecule has 1 aliphatic heterocycles. The predicted molar refractivity (Wildman–Crippen MR) is 122 cm³/mol. The lowest BCUT2D eigenvalue weighted by molar-refractivity contribution is 0.0728. The van der Waals surface area contributed by atoms with Gasteiger partial charge in [-0.05, 0) is 37.5 Å². The summed E-state index contributed by atoms with van der Waals surface area (Å²) < 4.78 is 19.1. The lowest BCUT2D eigenvalue weighted by atomic mass is 10.1. The molecule has 0 aliphatic carbocycles. The second-order valence-electron chi connectivity index (χ2n) is 7.91. The summed E-state index contributed by atoms with van der Waals surface area (Å²) in [4.78, 5) is 25.3. The van der Waals surface area contributed by atoms with Crippen LogP contribution in [-0.4, -0.2) is 33.4 Å². The van der Waals surface area contributed by atoms with Crippen LogP contribution in [0.5, 0.6) is 0 Å². The number of halogens is 1. The van der Waals surface area contributed by atoms with Gasteiger partial charge in [-0.2, -0.15) is 0 Å². The molecule has 1 aliphatic rings. The van der Waals surface area contributed by atoms with E-state index >= 15 is 0 Å². The monoisotopic (exact) mass is 447 g/mol. The third-order valence-electron chi connectivity index (χ3n) is 5.71. The van der Waals surface area contributed by atoms with Gasteiger partial charge in [0.2, 0.25) is 0 Å². The van der Waals surface area contributed by atoms with E-state index in [1.165, 1.54) is 23.5 Å². The van der Waals surface area contributed by atoms with Crippen LogP contribution in [0.4, 0.5) is 4.39 Å². The normalized spacial score (nSPS) is 15.9. The van der Waals surface area contributed by atoms with Crippen LogP contribution in [0.15, 0.2) is 65.3 Å². The molecule has 7 heteroatoms. The highest BCUT2D eigenvalue weighted by Crippen LogP contribution is 2.33. The number of nitrogens with zero attached hydrogens (tertiary/aromatic N) is 3. The molecule has 32 heavy (non-hydrogen) atoms. The maximum atomic E-state index is 13.5. The molecular weight excluding hydrogens is 425 g/mol. The van der Waals surface area contributed by atoms with Crippen molar-refractivity contribution in [2.75, 3.05) is 6.54 Å². The first-order valence-electron chi connectivity index (χ1n) is 10.6. The molecule has 5 nitrogen and oxygen atoms in total. The molecular formula is C25H22FN3O2S. The van der Waals surface area contributed by atoms with Crippen LogP contribution in [0.25, 0.3) is 21.7 Å². The molecule has 162 valence electrons. The number of thiazole rings is 1. The number of aromatic nitrogens is 2. The summed E-state index contributed by atoms with van der Waals surface area (Å²) in [6, 6.07) is 16.1. The third kappa shape index (κ3) is 4.08. The first-order chi connectivity index (χ1) is 15.6. The van der Waals surface area contributed by atoms with Gasteiger partial charge in [0.25, 0.3) is 5.91 Å². The molecule has 0 unspecified atom stereocenters. The fraction of sp³-hybridized carbons (Fsp3) is 0.240. The van der Waals surface area contributed by atoms with Crippen LogP contribution in [0, 0.1) is 12.7 Å². The molecule has 3 heterocycles. The van der Waals surface area contributed by atoms with E-state index in [9.17, 15) is 9.18 Å². The Hall–Kier alpha value is -3.32. The van der Waals surface area contributed by atoms with Gasteiger partial charge in [0.05, 0.1) is 9.88 Å². The number of hydrogen-bond acceptors (Lipinski definition) is 5. The highest BCUT2D eigenvalue weighted by Gasteiger charge is 2.33. The largest absolute Gasteiger partial charge is 0.448 e. The summed E-state index contributed by atoms with van der Waals surface area (Å²) in [5.74, 6) is 0.232. The molecule has 2 aromatic heterocycles. The number of benzene rings is 2. The first kappa shape index (κ1) is 20.6. The van der Waals surface area contributed by atoms with E-state index in [1.807, 2.05) is 42.2 Å². The van der Waals surface area contributed by atoms with E-state index in [4.69, 9.17) is 4.42 Å². The van der Waals surface area contributed by atoms with Crippen molar-refractivity contribution in [3.63, 3.8) is 0 Å². The minimum atomic E-state index is -0.303. The zero-order valence-electron chi connectivity index (χ0n) is 17.6. The molecule has 1 atom stereocenters. The predicted octanol–water partition coefficient (Wildman–Crippen LogP) is 5.76. The van der Waals surface area contributed by atoms with E-state index < -0.39 is 0 Å². The molecule has 1 amide bonds. The topological polar surface area (TPSA) is 59.2 Å². The molecule has 4 aromatic rings. The number of aryl methyl sites for hydroxylation is 1. The summed E-state index contributed by atoms with van der Waals surface area (Å²) >= 11 is 1.45. The smallest absolute Gasteiger partial charge is 0.274 e. The molecule has 1 saturated heterocycles. The Morgan fingerprint density at radius 3 is 2.69 bits per heavy atom. The maximum absolute atomic E-state index is 13.5. The second kappa shape index (κ2) is 8.67. The lowest BCUT2D eigenvalue weighted by Crippen LogP contribution is -2.37. The van der Waals surface area contributed by atoms with Gasteiger partial charge in [0.15, 0.2) is 5.89 Å². The van der Waals surface area contributed by atoms with Crippen LogP contribution < -0.4 is 0 Å². The van der Waals surface area contributed by atoms with Gasteiger partial charge in [-0.25, -0.2) is 14.4 Å². The number of carbonyl (C=O) groups excluding carboxylic acids is 1. The molecule has 1 fully saturated rings. The summed E-state index contributed by atoms with van der Waals surface area (Å²) in [6.45, 7) is 2.56. The van der Waals surface area contributed by atoms with E-state index in [0.717, 1.165) is 39.5 Å². The summed E-state index contributed by atoms with van der Waals surface area (Å²) in [7, 11) is 0. The van der Waals surface area contributed by atoms with Gasteiger partial charge >= 0.3 is 0 Å². The van der Waals surface area contributed by atoms with Crippen molar-refractivity contribution in [1.82, 2.24) is 14.9 Å². The van der Waals surface area contributed by atoms with Crippen molar-refractivity contribution in [3.05, 3.63) is 83.3 Å². The average Bonchev–Trinajstić information content (AvgIpc) is 3.55. The summed E-state index contributed by atoms with van der Waals surface area (Å²) in [5.41, 5.74) is 3.04. The Labute approximate surface area is 189 Å². The van der Waals surface area contributed by atoms with Gasteiger partial charge < -0.3 is 9.32 Å². The van der Waals surface area contributed by atoms with E-state index in [-0.39, 0.29) is 17.8 Å². The van der Waals surface area contributed by atoms with Crippen molar-refractivity contribution in [2.45, 2.75) is 32.2 Å². The van der Waals surface area contributed by atoms with Crippen LogP contribution in [-0.2, 0) is 6.42 Å². The summed E-state index contributed by atoms with van der Waals surface area (Å²) in [6.07, 6.45) is 4.05. The van der Waals surface area contributed by atoms with Crippen LogP contribution in [0.2, 0.25) is 0 Å². The Morgan fingerprint density at radius 2 is 1.91 bits per heavy atom. The van der Waals surface area contributed by atoms with Gasteiger partial charge in [0.1, 0.15) is 23.5 Å². The van der Waals surface area contributed by atoms with E-state index in [2.05, 4.69) is 9.97 Å². The summed E-state index contributed by atoms with van der Waals surface area (Å²) in [5, 5.41) is 0.809. The number of carbonyl (C=O) groups is 1. The number of rotatable bonds is 5. The average molecular weight is 448 g/mol. The van der Waals surface area contributed by atoms with Gasteiger partial charge in [-0.15, -0.1) is 11.3 Å². The molecule has 0 radical (unpaired) electrons. The molecule has 0 N–H and O–H groups in total. The Kier molecular flexibility index (Phi) is 5.57. The zero-order chi connectivity index (χ0) is 22.1. The molecule has 0 bridgehead atoms.